The standard InChI is InChI=1S/C22H38N6O5S/c1-6-13(4)18(21(31)27-17(12(2)3)22(32)33)28-20(30)16(9-14-10-24-11-25-14)26-19(29)15(23)7-8-34-5/h10-13,15-18H,6-9,23H2,1-5H3,(H,24,25)(H,26,29)(H,27,31)(H,28,30)(H,32,33). The van der Waals surface area contributed by atoms with Gasteiger partial charge in [-0.2, -0.15) is 11.8 Å². The third kappa shape index (κ3) is 9.34. The van der Waals surface area contributed by atoms with Gasteiger partial charge >= 0.3 is 5.97 Å². The SMILES string of the molecule is CCC(C)C(NC(=O)C(Cc1cnc[nH]1)NC(=O)C(N)CCSC)C(=O)NC(C(=O)O)C(C)C. The van der Waals surface area contributed by atoms with Crippen LogP contribution in [0.15, 0.2) is 12.5 Å². The van der Waals surface area contributed by atoms with E-state index in [0.717, 1.165) is 0 Å². The number of carboxylic acids is 1. The molecular weight excluding hydrogens is 460 g/mol. The highest BCUT2D eigenvalue weighted by Gasteiger charge is 2.33. The molecule has 0 saturated heterocycles. The summed E-state index contributed by atoms with van der Waals surface area (Å²) >= 11 is 1.56. The molecule has 34 heavy (non-hydrogen) atoms. The second kappa shape index (κ2) is 14.6. The van der Waals surface area contributed by atoms with Crippen LogP contribution in [0.5, 0.6) is 0 Å². The summed E-state index contributed by atoms with van der Waals surface area (Å²) in [6.45, 7) is 7.03. The van der Waals surface area contributed by atoms with Crippen molar-refractivity contribution in [2.45, 2.75) is 71.1 Å². The first-order valence-electron chi connectivity index (χ1n) is 11.4. The zero-order valence-electron chi connectivity index (χ0n) is 20.5. The number of H-pyrrole nitrogens is 1. The van der Waals surface area contributed by atoms with Gasteiger partial charge in [0.15, 0.2) is 0 Å². The predicted molar refractivity (Wildman–Crippen MR) is 131 cm³/mol. The van der Waals surface area contributed by atoms with Crippen molar-refractivity contribution in [3.05, 3.63) is 18.2 Å². The number of aliphatic carboxylic acids is 1. The number of hydrogen-bond donors (Lipinski definition) is 6. The monoisotopic (exact) mass is 498 g/mol. The van der Waals surface area contributed by atoms with Gasteiger partial charge in [0, 0.05) is 18.3 Å². The fraction of sp³-hybridized carbons (Fsp3) is 0.682. The second-order valence-electron chi connectivity index (χ2n) is 8.67. The lowest BCUT2D eigenvalue weighted by Gasteiger charge is -2.28. The fourth-order valence-electron chi connectivity index (χ4n) is 3.19. The molecular formula is C22H38N6O5S. The van der Waals surface area contributed by atoms with Crippen LogP contribution in [-0.2, 0) is 25.6 Å². The molecule has 1 heterocycles. The quantitative estimate of drug-likeness (QED) is 0.199. The van der Waals surface area contributed by atoms with Crippen LogP contribution in [0, 0.1) is 11.8 Å². The third-order valence-electron chi connectivity index (χ3n) is 5.61. The van der Waals surface area contributed by atoms with E-state index in [1.807, 2.05) is 13.2 Å². The smallest absolute Gasteiger partial charge is 0.326 e. The van der Waals surface area contributed by atoms with Gasteiger partial charge < -0.3 is 31.8 Å². The number of amides is 3. The number of nitrogens with two attached hydrogens (primary N) is 1. The zero-order chi connectivity index (χ0) is 25.8. The molecule has 0 bridgehead atoms. The lowest BCUT2D eigenvalue weighted by atomic mass is 9.96. The Hall–Kier alpha value is -2.60. The number of carbonyl (C=O) groups excluding carboxylic acids is 3. The lowest BCUT2D eigenvalue weighted by Crippen LogP contribution is -2.59. The molecule has 1 aromatic rings. The van der Waals surface area contributed by atoms with Gasteiger partial charge in [0.2, 0.25) is 17.7 Å². The first-order valence-corrected chi connectivity index (χ1v) is 12.8. The Morgan fingerprint density at radius 3 is 2.24 bits per heavy atom. The highest BCUT2D eigenvalue weighted by molar-refractivity contribution is 7.98. The summed E-state index contributed by atoms with van der Waals surface area (Å²) < 4.78 is 0. The Balaban J connectivity index is 3.05. The van der Waals surface area contributed by atoms with E-state index in [1.54, 1.807) is 38.7 Å². The number of nitrogens with zero attached hydrogens (tertiary/aromatic N) is 1. The van der Waals surface area contributed by atoms with Crippen LogP contribution in [0.2, 0.25) is 0 Å². The number of aromatic amines is 1. The van der Waals surface area contributed by atoms with Crippen molar-refractivity contribution in [2.24, 2.45) is 17.6 Å². The Labute approximate surface area is 204 Å². The Morgan fingerprint density at radius 1 is 1.09 bits per heavy atom. The largest absolute Gasteiger partial charge is 0.480 e. The second-order valence-corrected chi connectivity index (χ2v) is 9.66. The first kappa shape index (κ1) is 29.4. The Morgan fingerprint density at radius 2 is 1.74 bits per heavy atom. The topological polar surface area (TPSA) is 179 Å². The molecule has 7 N–H and O–H groups in total. The van der Waals surface area contributed by atoms with Crippen molar-refractivity contribution in [1.29, 1.82) is 0 Å². The molecule has 3 amide bonds. The van der Waals surface area contributed by atoms with Gasteiger partial charge in [-0.15, -0.1) is 0 Å². The van der Waals surface area contributed by atoms with Gasteiger partial charge in [0.25, 0.3) is 0 Å². The first-order chi connectivity index (χ1) is 16.0. The summed E-state index contributed by atoms with van der Waals surface area (Å²) in [7, 11) is 0. The Kier molecular flexibility index (Phi) is 12.7. The van der Waals surface area contributed by atoms with E-state index < -0.39 is 47.9 Å². The molecule has 0 radical (unpaired) electrons. The lowest BCUT2D eigenvalue weighted by molar-refractivity contribution is -0.144. The number of carboxylic acid groups (broad SMARTS) is 1. The highest BCUT2D eigenvalue weighted by Crippen LogP contribution is 2.11. The molecule has 11 nitrogen and oxygen atoms in total. The van der Waals surface area contributed by atoms with Crippen molar-refractivity contribution in [2.75, 3.05) is 12.0 Å². The number of rotatable bonds is 15. The van der Waals surface area contributed by atoms with E-state index in [-0.39, 0.29) is 18.3 Å². The van der Waals surface area contributed by atoms with Crippen molar-refractivity contribution >= 4 is 35.5 Å². The molecule has 0 aliphatic rings. The van der Waals surface area contributed by atoms with Crippen LogP contribution in [0.3, 0.4) is 0 Å². The molecule has 0 fully saturated rings. The van der Waals surface area contributed by atoms with Crippen LogP contribution >= 0.6 is 11.8 Å². The molecule has 1 rings (SSSR count). The summed E-state index contributed by atoms with van der Waals surface area (Å²) in [5.41, 5.74) is 6.58. The molecule has 192 valence electrons. The van der Waals surface area contributed by atoms with Crippen LogP contribution in [0.4, 0.5) is 0 Å². The minimum atomic E-state index is -1.15. The molecule has 1 aromatic heterocycles. The van der Waals surface area contributed by atoms with E-state index in [2.05, 4.69) is 25.9 Å². The van der Waals surface area contributed by atoms with E-state index in [9.17, 15) is 24.3 Å². The van der Waals surface area contributed by atoms with Gasteiger partial charge in [-0.1, -0.05) is 34.1 Å². The van der Waals surface area contributed by atoms with Crippen LogP contribution < -0.4 is 21.7 Å². The summed E-state index contributed by atoms with van der Waals surface area (Å²) in [6, 6.07) is -3.86. The van der Waals surface area contributed by atoms with Crippen LogP contribution in [0.1, 0.15) is 46.2 Å². The Bertz CT molecular complexity index is 804. The summed E-state index contributed by atoms with van der Waals surface area (Å²) in [6.07, 6.45) is 6.05. The summed E-state index contributed by atoms with van der Waals surface area (Å²) in [4.78, 5) is 57.2. The van der Waals surface area contributed by atoms with Crippen molar-refractivity contribution in [3.8, 4) is 0 Å². The molecule has 0 aliphatic heterocycles. The zero-order valence-corrected chi connectivity index (χ0v) is 21.3. The highest BCUT2D eigenvalue weighted by atomic mass is 32.2. The predicted octanol–water partition coefficient (Wildman–Crippen LogP) is 0.274. The number of imidazole rings is 1. The molecule has 12 heteroatoms. The fourth-order valence-corrected chi connectivity index (χ4v) is 3.68. The molecule has 0 saturated carbocycles. The molecule has 0 spiro atoms. The van der Waals surface area contributed by atoms with E-state index in [1.165, 1.54) is 6.33 Å². The minimum absolute atomic E-state index is 0.116. The molecule has 0 aliphatic carbocycles. The van der Waals surface area contributed by atoms with Crippen molar-refractivity contribution in [1.82, 2.24) is 25.9 Å². The number of aromatic nitrogens is 2. The van der Waals surface area contributed by atoms with Gasteiger partial charge in [0.1, 0.15) is 18.1 Å². The number of thioether (sulfide) groups is 1. The van der Waals surface area contributed by atoms with Gasteiger partial charge in [0.05, 0.1) is 12.4 Å². The summed E-state index contributed by atoms with van der Waals surface area (Å²) in [5, 5.41) is 17.3. The van der Waals surface area contributed by atoms with Gasteiger partial charge in [-0.05, 0) is 30.3 Å². The molecule has 0 aromatic carbocycles. The van der Waals surface area contributed by atoms with Crippen LogP contribution in [0.25, 0.3) is 0 Å². The van der Waals surface area contributed by atoms with Gasteiger partial charge in [-0.3, -0.25) is 14.4 Å². The number of carbonyl (C=O) groups is 4. The average Bonchev–Trinajstić information content (AvgIpc) is 3.30. The third-order valence-corrected chi connectivity index (χ3v) is 6.25. The number of nitrogens with one attached hydrogen (secondary N) is 4. The minimum Gasteiger partial charge on any atom is -0.480 e. The van der Waals surface area contributed by atoms with Crippen LogP contribution in [-0.4, -0.2) is 74.9 Å². The van der Waals surface area contributed by atoms with E-state index in [4.69, 9.17) is 5.73 Å². The maximum Gasteiger partial charge on any atom is 0.326 e. The van der Waals surface area contributed by atoms with E-state index in [0.29, 0.717) is 24.3 Å². The maximum absolute atomic E-state index is 13.2. The average molecular weight is 499 g/mol. The van der Waals surface area contributed by atoms with Crippen molar-refractivity contribution in [3.63, 3.8) is 0 Å². The normalized spacial score (nSPS) is 15.6. The molecule has 5 atom stereocenters. The number of hydrogen-bond acceptors (Lipinski definition) is 7. The van der Waals surface area contributed by atoms with Crippen molar-refractivity contribution < 1.29 is 24.3 Å². The molecule has 5 unspecified atom stereocenters. The maximum atomic E-state index is 13.2. The van der Waals surface area contributed by atoms with Gasteiger partial charge in [-0.25, -0.2) is 9.78 Å². The van der Waals surface area contributed by atoms with E-state index >= 15 is 0 Å². The summed E-state index contributed by atoms with van der Waals surface area (Å²) in [5.74, 6) is -2.71.